The lowest BCUT2D eigenvalue weighted by Gasteiger charge is -2.02. The highest BCUT2D eigenvalue weighted by Gasteiger charge is 2.11. The van der Waals surface area contributed by atoms with Gasteiger partial charge in [0.2, 0.25) is 5.13 Å². The molecule has 0 amide bonds. The molecule has 2 aromatic carbocycles. The Morgan fingerprint density at radius 1 is 1.17 bits per heavy atom. The predicted molar refractivity (Wildman–Crippen MR) is 97.7 cm³/mol. The number of aromatic nitrogens is 2. The van der Waals surface area contributed by atoms with Crippen LogP contribution in [0.1, 0.15) is 10.4 Å². The molecular weight excluding hydrogens is 342 g/mol. The van der Waals surface area contributed by atoms with Crippen molar-refractivity contribution in [2.24, 2.45) is 0 Å². The Hall–Kier alpha value is -2.38. The number of thioether (sulfide) groups is 1. The monoisotopic (exact) mass is 357 g/mol. The van der Waals surface area contributed by atoms with Crippen LogP contribution in [-0.2, 0) is 0 Å². The lowest BCUT2D eigenvalue weighted by molar-refractivity contribution is 0.102. The molecule has 122 valence electrons. The van der Waals surface area contributed by atoms with Gasteiger partial charge in [0.1, 0.15) is 5.75 Å². The van der Waals surface area contributed by atoms with Crippen LogP contribution in [0.25, 0.3) is 0 Å². The van der Waals surface area contributed by atoms with Crippen LogP contribution in [0.5, 0.6) is 5.75 Å². The van der Waals surface area contributed by atoms with Gasteiger partial charge in [-0.15, -0.1) is 10.2 Å². The summed E-state index contributed by atoms with van der Waals surface area (Å²) in [6.45, 7) is 0. The van der Waals surface area contributed by atoms with Crippen molar-refractivity contribution in [2.45, 2.75) is 4.34 Å². The molecule has 3 aromatic rings. The van der Waals surface area contributed by atoms with Crippen LogP contribution in [0.2, 0.25) is 0 Å². The molecule has 7 heteroatoms. The maximum absolute atomic E-state index is 12.2. The van der Waals surface area contributed by atoms with E-state index < -0.39 is 0 Å². The maximum atomic E-state index is 12.2. The van der Waals surface area contributed by atoms with Crippen molar-refractivity contribution in [3.05, 3.63) is 60.2 Å². The highest BCUT2D eigenvalue weighted by atomic mass is 32.2. The number of hydrogen-bond acceptors (Lipinski definition) is 7. The summed E-state index contributed by atoms with van der Waals surface area (Å²) in [5, 5.41) is 12.1. The largest absolute Gasteiger partial charge is 0.497 e. The lowest BCUT2D eigenvalue weighted by Crippen LogP contribution is -2.02. The molecule has 0 aliphatic rings. The molecular formula is C17H15N3O2S2. The molecule has 0 atom stereocenters. The van der Waals surface area contributed by atoms with Gasteiger partial charge >= 0.3 is 0 Å². The van der Waals surface area contributed by atoms with E-state index in [4.69, 9.17) is 4.74 Å². The molecule has 0 bridgehead atoms. The third-order valence-corrected chi connectivity index (χ3v) is 5.12. The summed E-state index contributed by atoms with van der Waals surface area (Å²) in [5.41, 5.74) is 1.59. The van der Waals surface area contributed by atoms with Crippen LogP contribution >= 0.6 is 23.1 Å². The second-order valence-corrected chi connectivity index (χ2v) is 7.01. The average molecular weight is 357 g/mol. The van der Waals surface area contributed by atoms with E-state index in [2.05, 4.69) is 15.5 Å². The van der Waals surface area contributed by atoms with Gasteiger partial charge in [0.25, 0.3) is 0 Å². The van der Waals surface area contributed by atoms with Gasteiger partial charge in [-0.3, -0.25) is 4.79 Å². The Kier molecular flexibility index (Phi) is 5.45. The SMILES string of the molecule is COc1cccc(C(=O)CSc2nnc(Nc3ccccc3)s2)c1. The van der Waals surface area contributed by atoms with E-state index in [1.165, 1.54) is 23.1 Å². The van der Waals surface area contributed by atoms with Crippen LogP contribution in [0.4, 0.5) is 10.8 Å². The highest BCUT2D eigenvalue weighted by molar-refractivity contribution is 8.01. The molecule has 0 fully saturated rings. The number of hydrogen-bond donors (Lipinski definition) is 1. The van der Waals surface area contributed by atoms with E-state index in [-0.39, 0.29) is 5.78 Å². The van der Waals surface area contributed by atoms with Crippen LogP contribution in [0.3, 0.4) is 0 Å². The quantitative estimate of drug-likeness (QED) is 0.503. The number of rotatable bonds is 7. The zero-order valence-corrected chi connectivity index (χ0v) is 14.6. The second kappa shape index (κ2) is 7.94. The summed E-state index contributed by atoms with van der Waals surface area (Å²) >= 11 is 2.81. The number of nitrogens with zero attached hydrogens (tertiary/aromatic N) is 2. The van der Waals surface area contributed by atoms with Crippen molar-refractivity contribution in [1.29, 1.82) is 0 Å². The van der Waals surface area contributed by atoms with Gasteiger partial charge in [-0.2, -0.15) is 0 Å². The molecule has 1 aromatic heterocycles. The molecule has 24 heavy (non-hydrogen) atoms. The van der Waals surface area contributed by atoms with E-state index in [1.54, 1.807) is 19.2 Å². The van der Waals surface area contributed by atoms with Crippen molar-refractivity contribution in [2.75, 3.05) is 18.2 Å². The molecule has 1 N–H and O–H groups in total. The molecule has 0 aliphatic heterocycles. The first-order valence-electron chi connectivity index (χ1n) is 7.20. The molecule has 5 nitrogen and oxygen atoms in total. The van der Waals surface area contributed by atoms with Gasteiger partial charge in [-0.1, -0.05) is 53.4 Å². The number of carbonyl (C=O) groups is 1. The van der Waals surface area contributed by atoms with Gasteiger partial charge in [0.05, 0.1) is 12.9 Å². The van der Waals surface area contributed by atoms with Crippen LogP contribution < -0.4 is 10.1 Å². The van der Waals surface area contributed by atoms with Crippen LogP contribution in [0.15, 0.2) is 58.9 Å². The summed E-state index contributed by atoms with van der Waals surface area (Å²) in [7, 11) is 1.58. The first kappa shape index (κ1) is 16.5. The predicted octanol–water partition coefficient (Wildman–Crippen LogP) is 4.27. The van der Waals surface area contributed by atoms with Crippen LogP contribution in [0, 0.1) is 0 Å². The summed E-state index contributed by atoms with van der Waals surface area (Å²) in [6, 6.07) is 16.9. The Balaban J connectivity index is 1.58. The van der Waals surface area contributed by atoms with Crippen molar-refractivity contribution >= 4 is 39.7 Å². The van der Waals surface area contributed by atoms with Crippen LogP contribution in [-0.4, -0.2) is 28.8 Å². The Labute approximate surface area is 148 Å². The standard InChI is InChI=1S/C17H15N3O2S2/c1-22-14-9-5-6-12(10-14)15(21)11-23-17-20-19-16(24-17)18-13-7-3-2-4-8-13/h2-10H,11H2,1H3,(H,18,19). The lowest BCUT2D eigenvalue weighted by atomic mass is 10.1. The summed E-state index contributed by atoms with van der Waals surface area (Å²) in [6.07, 6.45) is 0. The molecule has 0 saturated carbocycles. The smallest absolute Gasteiger partial charge is 0.210 e. The molecule has 1 heterocycles. The Morgan fingerprint density at radius 2 is 2.00 bits per heavy atom. The van der Waals surface area contributed by atoms with E-state index in [9.17, 15) is 4.79 Å². The van der Waals surface area contributed by atoms with E-state index in [1.807, 2.05) is 42.5 Å². The van der Waals surface area contributed by atoms with Gasteiger partial charge in [-0.05, 0) is 24.3 Å². The molecule has 3 rings (SSSR count). The van der Waals surface area contributed by atoms with Gasteiger partial charge in [-0.25, -0.2) is 0 Å². The number of ketones is 1. The number of benzene rings is 2. The fourth-order valence-electron chi connectivity index (χ4n) is 1.97. The minimum atomic E-state index is 0.0340. The number of methoxy groups -OCH3 is 1. The van der Waals surface area contributed by atoms with E-state index >= 15 is 0 Å². The molecule has 0 unspecified atom stereocenters. The molecule has 0 aliphatic carbocycles. The number of Topliss-reactive ketones (excluding diaryl/α,β-unsaturated/α-hetero) is 1. The number of nitrogens with one attached hydrogen (secondary N) is 1. The number of anilines is 2. The van der Waals surface area contributed by atoms with Gasteiger partial charge < -0.3 is 10.1 Å². The third-order valence-electron chi connectivity index (χ3n) is 3.15. The van der Waals surface area contributed by atoms with Crippen molar-refractivity contribution in [3.63, 3.8) is 0 Å². The molecule has 0 spiro atoms. The maximum Gasteiger partial charge on any atom is 0.210 e. The second-order valence-electron chi connectivity index (χ2n) is 4.81. The summed E-state index contributed by atoms with van der Waals surface area (Å²) in [5.74, 6) is 1.02. The minimum absolute atomic E-state index is 0.0340. The number of ether oxygens (including phenoxy) is 1. The summed E-state index contributed by atoms with van der Waals surface area (Å²) < 4.78 is 5.89. The van der Waals surface area contributed by atoms with E-state index in [0.717, 1.165) is 10.0 Å². The zero-order chi connectivity index (χ0) is 16.8. The Bertz CT molecular complexity index is 821. The first-order chi connectivity index (χ1) is 11.7. The fourth-order valence-corrected chi connectivity index (χ4v) is 3.64. The molecule has 0 radical (unpaired) electrons. The summed E-state index contributed by atoms with van der Waals surface area (Å²) in [4.78, 5) is 12.2. The number of carbonyl (C=O) groups excluding carboxylic acids is 1. The first-order valence-corrected chi connectivity index (χ1v) is 9.00. The normalized spacial score (nSPS) is 10.4. The molecule has 0 saturated heterocycles. The van der Waals surface area contributed by atoms with Gasteiger partial charge in [0.15, 0.2) is 10.1 Å². The average Bonchev–Trinajstić information content (AvgIpc) is 3.08. The third kappa shape index (κ3) is 4.33. The topological polar surface area (TPSA) is 64.1 Å². The minimum Gasteiger partial charge on any atom is -0.497 e. The van der Waals surface area contributed by atoms with E-state index in [0.29, 0.717) is 22.2 Å². The highest BCUT2D eigenvalue weighted by Crippen LogP contribution is 2.28. The van der Waals surface area contributed by atoms with Crippen molar-refractivity contribution in [3.8, 4) is 5.75 Å². The Morgan fingerprint density at radius 3 is 2.79 bits per heavy atom. The zero-order valence-electron chi connectivity index (χ0n) is 12.9. The van der Waals surface area contributed by atoms with Crippen molar-refractivity contribution < 1.29 is 9.53 Å². The van der Waals surface area contributed by atoms with Gasteiger partial charge in [0, 0.05) is 11.3 Å². The fraction of sp³-hybridized carbons (Fsp3) is 0.118. The van der Waals surface area contributed by atoms with Crippen molar-refractivity contribution in [1.82, 2.24) is 10.2 Å². The number of para-hydroxylation sites is 1.